The molecule has 0 spiro atoms. The Kier molecular flexibility index (Phi) is 3.00. The molecule has 3 rings (SSSR count). The Morgan fingerprint density at radius 1 is 1.40 bits per heavy atom. The van der Waals surface area contributed by atoms with E-state index in [-0.39, 0.29) is 17.2 Å². The standard InChI is InChI=1S/C17H20N2O/c1-11-6-7-12(13-5-4-8-18-15(11)13)10-19-16(20)14-9-17(14,2)3/h4-8,14H,9-10H2,1-3H3,(H,19,20). The number of nitrogens with zero attached hydrogens (tertiary/aromatic N) is 1. The number of amides is 1. The second-order valence-corrected chi connectivity index (χ2v) is 6.40. The first-order chi connectivity index (χ1) is 9.49. The van der Waals surface area contributed by atoms with Crippen LogP contribution in [0.15, 0.2) is 30.5 Å². The van der Waals surface area contributed by atoms with E-state index in [0.717, 1.165) is 22.9 Å². The van der Waals surface area contributed by atoms with E-state index >= 15 is 0 Å². The molecular formula is C17H20N2O. The Hall–Kier alpha value is -1.90. The van der Waals surface area contributed by atoms with Crippen LogP contribution < -0.4 is 5.32 Å². The summed E-state index contributed by atoms with van der Waals surface area (Å²) >= 11 is 0. The summed E-state index contributed by atoms with van der Waals surface area (Å²) in [7, 11) is 0. The smallest absolute Gasteiger partial charge is 0.223 e. The largest absolute Gasteiger partial charge is 0.352 e. The molecule has 1 amide bonds. The molecule has 2 aromatic rings. The van der Waals surface area contributed by atoms with Crippen LogP contribution in [0.1, 0.15) is 31.4 Å². The average molecular weight is 268 g/mol. The van der Waals surface area contributed by atoms with Crippen LogP contribution >= 0.6 is 0 Å². The van der Waals surface area contributed by atoms with Crippen molar-refractivity contribution in [1.29, 1.82) is 0 Å². The number of carbonyl (C=O) groups is 1. The number of carbonyl (C=O) groups excluding carboxylic acids is 1. The van der Waals surface area contributed by atoms with Crippen LogP contribution in [0.3, 0.4) is 0 Å². The number of nitrogens with one attached hydrogen (secondary N) is 1. The third-order valence-electron chi connectivity index (χ3n) is 4.34. The fourth-order valence-electron chi connectivity index (χ4n) is 2.75. The van der Waals surface area contributed by atoms with Crippen molar-refractivity contribution in [3.05, 3.63) is 41.6 Å². The summed E-state index contributed by atoms with van der Waals surface area (Å²) in [5.74, 6) is 0.352. The van der Waals surface area contributed by atoms with Crippen LogP contribution in [0.25, 0.3) is 10.9 Å². The van der Waals surface area contributed by atoms with Crippen molar-refractivity contribution in [3.63, 3.8) is 0 Å². The van der Waals surface area contributed by atoms with Crippen molar-refractivity contribution in [2.45, 2.75) is 33.7 Å². The summed E-state index contributed by atoms with van der Waals surface area (Å²) in [6, 6.07) is 8.16. The Morgan fingerprint density at radius 3 is 2.85 bits per heavy atom. The van der Waals surface area contributed by atoms with Crippen molar-refractivity contribution >= 4 is 16.8 Å². The maximum absolute atomic E-state index is 12.1. The van der Waals surface area contributed by atoms with Gasteiger partial charge in [-0.05, 0) is 36.0 Å². The van der Waals surface area contributed by atoms with Gasteiger partial charge in [0, 0.05) is 24.0 Å². The first kappa shape index (κ1) is 13.1. The second kappa shape index (κ2) is 4.58. The molecule has 0 bridgehead atoms. The highest BCUT2D eigenvalue weighted by atomic mass is 16.2. The number of hydrogen-bond donors (Lipinski definition) is 1. The lowest BCUT2D eigenvalue weighted by Crippen LogP contribution is -2.26. The number of pyridine rings is 1. The second-order valence-electron chi connectivity index (χ2n) is 6.40. The van der Waals surface area contributed by atoms with Gasteiger partial charge in [0.15, 0.2) is 0 Å². The zero-order chi connectivity index (χ0) is 14.3. The Balaban J connectivity index is 1.78. The van der Waals surface area contributed by atoms with Gasteiger partial charge in [-0.15, -0.1) is 0 Å². The van der Waals surface area contributed by atoms with Crippen molar-refractivity contribution in [2.75, 3.05) is 0 Å². The topological polar surface area (TPSA) is 42.0 Å². The van der Waals surface area contributed by atoms with Gasteiger partial charge in [-0.25, -0.2) is 0 Å². The Morgan fingerprint density at radius 2 is 2.15 bits per heavy atom. The van der Waals surface area contributed by atoms with Crippen LogP contribution in [0, 0.1) is 18.3 Å². The third-order valence-corrected chi connectivity index (χ3v) is 4.34. The molecule has 3 nitrogen and oxygen atoms in total. The molecule has 1 unspecified atom stereocenters. The normalized spacial score (nSPS) is 19.9. The van der Waals surface area contributed by atoms with Crippen LogP contribution in [-0.2, 0) is 11.3 Å². The minimum absolute atomic E-state index is 0.174. The maximum atomic E-state index is 12.1. The van der Waals surface area contributed by atoms with Gasteiger partial charge in [0.25, 0.3) is 0 Å². The monoisotopic (exact) mass is 268 g/mol. The third kappa shape index (κ3) is 2.28. The van der Waals surface area contributed by atoms with Crippen LogP contribution in [0.4, 0.5) is 0 Å². The highest BCUT2D eigenvalue weighted by molar-refractivity contribution is 5.86. The highest BCUT2D eigenvalue weighted by Crippen LogP contribution is 2.51. The fourth-order valence-corrected chi connectivity index (χ4v) is 2.75. The number of benzene rings is 1. The SMILES string of the molecule is Cc1ccc(CNC(=O)C2CC2(C)C)c2cccnc12. The van der Waals surface area contributed by atoms with E-state index in [1.54, 1.807) is 0 Å². The van der Waals surface area contributed by atoms with Gasteiger partial charge in [0.05, 0.1) is 5.52 Å². The zero-order valence-electron chi connectivity index (χ0n) is 12.2. The van der Waals surface area contributed by atoms with Gasteiger partial charge in [0.1, 0.15) is 0 Å². The minimum atomic E-state index is 0.174. The summed E-state index contributed by atoms with van der Waals surface area (Å²) in [6.07, 6.45) is 2.81. The van der Waals surface area contributed by atoms with E-state index in [4.69, 9.17) is 0 Å². The molecule has 20 heavy (non-hydrogen) atoms. The van der Waals surface area contributed by atoms with E-state index < -0.39 is 0 Å². The van der Waals surface area contributed by atoms with E-state index in [1.165, 1.54) is 5.56 Å². The Bertz CT molecular complexity index is 676. The van der Waals surface area contributed by atoms with E-state index in [0.29, 0.717) is 6.54 Å². The molecule has 104 valence electrons. The lowest BCUT2D eigenvalue weighted by molar-refractivity contribution is -0.123. The first-order valence-electron chi connectivity index (χ1n) is 7.10. The van der Waals surface area contributed by atoms with Gasteiger partial charge >= 0.3 is 0 Å². The number of aryl methyl sites for hydroxylation is 1. The molecular weight excluding hydrogens is 248 g/mol. The fraction of sp³-hybridized carbons (Fsp3) is 0.412. The van der Waals surface area contributed by atoms with Crippen molar-refractivity contribution in [2.24, 2.45) is 11.3 Å². The molecule has 0 radical (unpaired) electrons. The van der Waals surface area contributed by atoms with Crippen LogP contribution in [0.2, 0.25) is 0 Å². The lowest BCUT2D eigenvalue weighted by Gasteiger charge is -2.10. The molecule has 3 heteroatoms. The number of fused-ring (bicyclic) bond motifs is 1. The number of hydrogen-bond acceptors (Lipinski definition) is 2. The van der Waals surface area contributed by atoms with Gasteiger partial charge in [-0.3, -0.25) is 9.78 Å². The predicted octanol–water partition coefficient (Wildman–Crippen LogP) is 3.21. The van der Waals surface area contributed by atoms with Crippen molar-refractivity contribution in [1.82, 2.24) is 10.3 Å². The van der Waals surface area contributed by atoms with Gasteiger partial charge in [-0.1, -0.05) is 32.0 Å². The molecule has 1 aromatic heterocycles. The molecule has 1 heterocycles. The molecule has 1 aliphatic rings. The summed E-state index contributed by atoms with van der Waals surface area (Å²) in [5.41, 5.74) is 3.50. The van der Waals surface area contributed by atoms with Crippen molar-refractivity contribution < 1.29 is 4.79 Å². The summed E-state index contributed by atoms with van der Waals surface area (Å²) in [6.45, 7) is 6.92. The lowest BCUT2D eigenvalue weighted by atomic mass is 10.0. The van der Waals surface area contributed by atoms with E-state index in [1.807, 2.05) is 12.3 Å². The molecule has 0 aliphatic heterocycles. The van der Waals surface area contributed by atoms with Crippen LogP contribution in [0.5, 0.6) is 0 Å². The van der Waals surface area contributed by atoms with Crippen LogP contribution in [-0.4, -0.2) is 10.9 Å². The van der Waals surface area contributed by atoms with E-state index in [2.05, 4.69) is 49.3 Å². The minimum Gasteiger partial charge on any atom is -0.352 e. The van der Waals surface area contributed by atoms with Gasteiger partial charge in [-0.2, -0.15) is 0 Å². The molecule has 0 saturated heterocycles. The quantitative estimate of drug-likeness (QED) is 0.928. The first-order valence-corrected chi connectivity index (χ1v) is 7.10. The molecule has 1 aliphatic carbocycles. The van der Waals surface area contributed by atoms with Gasteiger partial charge in [0.2, 0.25) is 5.91 Å². The zero-order valence-corrected chi connectivity index (χ0v) is 12.2. The van der Waals surface area contributed by atoms with E-state index in [9.17, 15) is 4.79 Å². The molecule has 1 atom stereocenters. The highest BCUT2D eigenvalue weighted by Gasteiger charge is 2.50. The summed E-state index contributed by atoms with van der Waals surface area (Å²) in [4.78, 5) is 16.5. The average Bonchev–Trinajstić information content (AvgIpc) is 3.07. The van der Waals surface area contributed by atoms with Crippen molar-refractivity contribution in [3.8, 4) is 0 Å². The number of aromatic nitrogens is 1. The molecule has 1 fully saturated rings. The summed E-state index contributed by atoms with van der Waals surface area (Å²) < 4.78 is 0. The maximum Gasteiger partial charge on any atom is 0.223 e. The predicted molar refractivity (Wildman–Crippen MR) is 80.2 cm³/mol. The summed E-state index contributed by atoms with van der Waals surface area (Å²) in [5, 5.41) is 4.19. The molecule has 1 saturated carbocycles. The molecule has 1 N–H and O–H groups in total. The Labute approximate surface area is 119 Å². The molecule has 1 aromatic carbocycles. The number of rotatable bonds is 3. The van der Waals surface area contributed by atoms with Gasteiger partial charge < -0.3 is 5.32 Å².